The summed E-state index contributed by atoms with van der Waals surface area (Å²) < 4.78 is 34.7. The van der Waals surface area contributed by atoms with Crippen LogP contribution in [0, 0.1) is 6.92 Å². The fraction of sp³-hybridized carbons (Fsp3) is 0.188. The summed E-state index contributed by atoms with van der Waals surface area (Å²) in [6.07, 6.45) is -0.981. The molecule has 8 nitrogen and oxygen atoms in total. The number of fused-ring (bicyclic) bond motifs is 1. The van der Waals surface area contributed by atoms with Crippen molar-refractivity contribution in [1.29, 1.82) is 0 Å². The molecule has 1 atom stereocenters. The van der Waals surface area contributed by atoms with Gasteiger partial charge < -0.3 is 15.0 Å². The Morgan fingerprint density at radius 2 is 1.62 bits per heavy atom. The molecule has 0 radical (unpaired) electrons. The van der Waals surface area contributed by atoms with Crippen molar-refractivity contribution in [1.82, 2.24) is 9.62 Å². The van der Waals surface area contributed by atoms with Gasteiger partial charge in [0.25, 0.3) is 5.91 Å². The first-order valence-electron chi connectivity index (χ1n) is 13.4. The van der Waals surface area contributed by atoms with Gasteiger partial charge in [0.15, 0.2) is 6.10 Å². The van der Waals surface area contributed by atoms with E-state index in [0.29, 0.717) is 23.0 Å². The van der Waals surface area contributed by atoms with Gasteiger partial charge >= 0.3 is 0 Å². The van der Waals surface area contributed by atoms with E-state index in [1.807, 2.05) is 61.5 Å². The number of hydrogen-bond acceptors (Lipinski definition) is 5. The highest BCUT2D eigenvalue weighted by atomic mass is 35.5. The van der Waals surface area contributed by atoms with Gasteiger partial charge in [0.05, 0.1) is 23.7 Å². The molecule has 0 bridgehead atoms. The summed E-state index contributed by atoms with van der Waals surface area (Å²) in [6.45, 7) is 1.67. The predicted octanol–water partition coefficient (Wildman–Crippen LogP) is 4.95. The van der Waals surface area contributed by atoms with Gasteiger partial charge in [0.1, 0.15) is 5.75 Å². The molecule has 0 saturated heterocycles. The third-order valence-electron chi connectivity index (χ3n) is 6.88. The summed E-state index contributed by atoms with van der Waals surface area (Å²) in [5, 5.41) is 3.27. The first kappa shape index (κ1) is 29.3. The average molecular weight is 604 g/mol. The molecule has 1 unspecified atom stereocenters. The Hall–Kier alpha value is -4.18. The minimum absolute atomic E-state index is 0.0212. The molecule has 1 N–H and O–H groups in total. The lowest BCUT2D eigenvalue weighted by Gasteiger charge is -2.35. The van der Waals surface area contributed by atoms with Crippen LogP contribution in [-0.2, 0) is 32.7 Å². The fourth-order valence-electron chi connectivity index (χ4n) is 4.74. The summed E-state index contributed by atoms with van der Waals surface area (Å²) in [5.41, 5.74) is 3.10. The van der Waals surface area contributed by atoms with E-state index in [9.17, 15) is 18.0 Å². The maximum atomic E-state index is 13.9. The van der Waals surface area contributed by atoms with Crippen molar-refractivity contribution in [3.8, 4) is 5.75 Å². The second kappa shape index (κ2) is 12.8. The smallest absolute Gasteiger partial charge is 0.263 e. The zero-order chi connectivity index (χ0) is 29.7. The van der Waals surface area contributed by atoms with Gasteiger partial charge in [-0.1, -0.05) is 83.9 Å². The third-order valence-corrected chi connectivity index (χ3v) is 8.94. The van der Waals surface area contributed by atoms with Crippen molar-refractivity contribution >= 4 is 39.1 Å². The first-order valence-corrected chi connectivity index (χ1v) is 15.2. The van der Waals surface area contributed by atoms with Crippen molar-refractivity contribution in [2.45, 2.75) is 31.0 Å². The Balaban J connectivity index is 1.41. The average Bonchev–Trinajstić information content (AvgIpc) is 2.99. The Morgan fingerprint density at radius 1 is 0.929 bits per heavy atom. The predicted molar refractivity (Wildman–Crippen MR) is 162 cm³/mol. The third kappa shape index (κ3) is 6.82. The van der Waals surface area contributed by atoms with Crippen LogP contribution in [0.4, 0.5) is 5.69 Å². The van der Waals surface area contributed by atoms with Crippen LogP contribution in [0.25, 0.3) is 0 Å². The topological polar surface area (TPSA) is 96.0 Å². The van der Waals surface area contributed by atoms with Crippen LogP contribution < -0.4 is 15.0 Å². The number of hydrogen-bond donors (Lipinski definition) is 1. The van der Waals surface area contributed by atoms with Gasteiger partial charge in [0, 0.05) is 18.1 Å². The number of carbonyl (C=O) groups excluding carboxylic acids is 2. The molecule has 0 fully saturated rings. The molecule has 1 aliphatic heterocycles. The van der Waals surface area contributed by atoms with Gasteiger partial charge in [-0.2, -0.15) is 4.31 Å². The number of ether oxygens (including phenoxy) is 1. The number of sulfonamides is 1. The maximum Gasteiger partial charge on any atom is 0.263 e. The number of amides is 2. The number of anilines is 1. The Bertz CT molecular complexity index is 1680. The van der Waals surface area contributed by atoms with Crippen molar-refractivity contribution in [3.05, 3.63) is 125 Å². The molecular formula is C32H30ClN3O5S. The lowest BCUT2D eigenvalue weighted by molar-refractivity contribution is -0.128. The number of carbonyl (C=O) groups is 2. The Kier molecular flexibility index (Phi) is 8.91. The Morgan fingerprint density at radius 3 is 2.36 bits per heavy atom. The van der Waals surface area contributed by atoms with E-state index in [0.717, 1.165) is 21.0 Å². The monoisotopic (exact) mass is 603 g/mol. The second-order valence-electron chi connectivity index (χ2n) is 10.00. The molecule has 10 heteroatoms. The van der Waals surface area contributed by atoms with Crippen LogP contribution in [0.1, 0.15) is 16.7 Å². The van der Waals surface area contributed by atoms with Crippen LogP contribution >= 0.6 is 11.6 Å². The number of para-hydroxylation sites is 2. The minimum atomic E-state index is -4.09. The number of rotatable bonds is 9. The lowest BCUT2D eigenvalue weighted by Crippen LogP contribution is -2.52. The summed E-state index contributed by atoms with van der Waals surface area (Å²) in [4.78, 5) is 28.5. The molecule has 0 saturated carbocycles. The maximum absolute atomic E-state index is 13.9. The van der Waals surface area contributed by atoms with Crippen LogP contribution in [0.15, 0.2) is 108 Å². The highest BCUT2D eigenvalue weighted by molar-refractivity contribution is 7.89. The minimum Gasteiger partial charge on any atom is -0.477 e. The highest BCUT2D eigenvalue weighted by Gasteiger charge is 2.36. The van der Waals surface area contributed by atoms with E-state index in [4.69, 9.17) is 16.3 Å². The van der Waals surface area contributed by atoms with Crippen LogP contribution in [-0.4, -0.2) is 43.7 Å². The lowest BCUT2D eigenvalue weighted by atomic mass is 10.1. The second-order valence-corrected chi connectivity index (χ2v) is 12.4. The summed E-state index contributed by atoms with van der Waals surface area (Å²) in [5.74, 6) is -0.504. The number of aryl methyl sites for hydroxylation is 1. The van der Waals surface area contributed by atoms with Crippen molar-refractivity contribution < 1.29 is 22.7 Å². The van der Waals surface area contributed by atoms with E-state index in [-0.39, 0.29) is 23.9 Å². The van der Waals surface area contributed by atoms with E-state index in [2.05, 4.69) is 5.32 Å². The zero-order valence-corrected chi connectivity index (χ0v) is 24.5. The van der Waals surface area contributed by atoms with Gasteiger partial charge in [-0.05, 0) is 54.4 Å². The van der Waals surface area contributed by atoms with Gasteiger partial charge in [-0.3, -0.25) is 9.59 Å². The highest BCUT2D eigenvalue weighted by Crippen LogP contribution is 2.34. The SMILES string of the molecule is Cc1cccc(CN(CC(=O)N2CC(C(=O)NCc3ccccc3)Oc3ccccc32)S(=O)(=O)c2ccc(Cl)cc2)c1. The summed E-state index contributed by atoms with van der Waals surface area (Å²) >= 11 is 6.00. The molecule has 216 valence electrons. The first-order chi connectivity index (χ1) is 20.2. The number of nitrogens with zero attached hydrogens (tertiary/aromatic N) is 2. The number of benzene rings is 4. The molecule has 0 aromatic heterocycles. The molecular weight excluding hydrogens is 574 g/mol. The van der Waals surface area contributed by atoms with E-state index in [1.54, 1.807) is 24.3 Å². The molecule has 42 heavy (non-hydrogen) atoms. The van der Waals surface area contributed by atoms with Crippen LogP contribution in [0.2, 0.25) is 5.02 Å². The van der Waals surface area contributed by atoms with Crippen molar-refractivity contribution in [3.63, 3.8) is 0 Å². The van der Waals surface area contributed by atoms with E-state index in [1.165, 1.54) is 29.2 Å². The van der Waals surface area contributed by atoms with Crippen molar-refractivity contribution in [2.24, 2.45) is 0 Å². The largest absolute Gasteiger partial charge is 0.477 e. The summed E-state index contributed by atoms with van der Waals surface area (Å²) in [6, 6.07) is 29.7. The van der Waals surface area contributed by atoms with Gasteiger partial charge in [-0.25, -0.2) is 8.42 Å². The molecule has 1 heterocycles. The molecule has 0 aliphatic carbocycles. The Labute approximate surface area is 250 Å². The van der Waals surface area contributed by atoms with E-state index >= 15 is 0 Å². The molecule has 5 rings (SSSR count). The normalized spacial score (nSPS) is 14.6. The van der Waals surface area contributed by atoms with Gasteiger partial charge in [0.2, 0.25) is 15.9 Å². The van der Waals surface area contributed by atoms with Gasteiger partial charge in [-0.15, -0.1) is 0 Å². The number of halogens is 1. The number of nitrogens with one attached hydrogen (secondary N) is 1. The van der Waals surface area contributed by atoms with Crippen LogP contribution in [0.5, 0.6) is 5.75 Å². The quantitative estimate of drug-likeness (QED) is 0.292. The zero-order valence-electron chi connectivity index (χ0n) is 22.9. The molecule has 2 amide bonds. The summed E-state index contributed by atoms with van der Waals surface area (Å²) in [7, 11) is -4.09. The molecule has 4 aromatic rings. The van der Waals surface area contributed by atoms with Crippen LogP contribution in [0.3, 0.4) is 0 Å². The van der Waals surface area contributed by atoms with Crippen molar-refractivity contribution in [2.75, 3.05) is 18.0 Å². The van der Waals surface area contributed by atoms with E-state index < -0.39 is 28.6 Å². The molecule has 1 aliphatic rings. The fourth-order valence-corrected chi connectivity index (χ4v) is 6.24. The molecule has 0 spiro atoms. The molecule has 4 aromatic carbocycles. The standard InChI is InChI=1S/C32H30ClN3O5S/c1-23-8-7-11-25(18-23)20-35(42(39,40)27-16-14-26(33)15-17-27)22-31(37)36-21-30(41-29-13-6-5-12-28(29)36)32(38)34-19-24-9-3-2-4-10-24/h2-18,30H,19-22H2,1H3,(H,34,38).